The minimum atomic E-state index is -1.29. The van der Waals surface area contributed by atoms with E-state index in [1.165, 1.54) is 0 Å². The fourth-order valence-corrected chi connectivity index (χ4v) is 5.37. The Labute approximate surface area is 210 Å². The zero-order chi connectivity index (χ0) is 22.9. The van der Waals surface area contributed by atoms with Gasteiger partial charge in [-0.25, -0.2) is 0 Å². The maximum Gasteiger partial charge on any atom is 0.255 e. The van der Waals surface area contributed by atoms with Crippen molar-refractivity contribution in [2.45, 2.75) is 10.3 Å². The van der Waals surface area contributed by atoms with Crippen LogP contribution in [0.25, 0.3) is 0 Å². The molecule has 0 saturated heterocycles. The number of alkyl halides is 2. The summed E-state index contributed by atoms with van der Waals surface area (Å²) in [5.74, 6) is -0.956. The molecular weight excluding hydrogens is 522 g/mol. The van der Waals surface area contributed by atoms with Gasteiger partial charge in [0, 0.05) is 41.0 Å². The van der Waals surface area contributed by atoms with Crippen LogP contribution in [0.3, 0.4) is 0 Å². The highest BCUT2D eigenvalue weighted by Crippen LogP contribution is 2.65. The molecule has 31 heavy (non-hydrogen) atoms. The van der Waals surface area contributed by atoms with Crippen LogP contribution in [0.5, 0.6) is 0 Å². The molecule has 0 spiro atoms. The zero-order valence-corrected chi connectivity index (χ0v) is 21.2. The van der Waals surface area contributed by atoms with Crippen LogP contribution >= 0.6 is 69.8 Å². The van der Waals surface area contributed by atoms with Gasteiger partial charge in [-0.05, 0) is 48.2 Å². The molecule has 1 aliphatic rings. The van der Waals surface area contributed by atoms with E-state index in [1.54, 1.807) is 60.1 Å². The van der Waals surface area contributed by atoms with Gasteiger partial charge in [-0.3, -0.25) is 9.59 Å². The van der Waals surface area contributed by atoms with Crippen LogP contribution in [-0.2, 0) is 4.79 Å². The summed E-state index contributed by atoms with van der Waals surface area (Å²) in [7, 11) is 1.71. The van der Waals surface area contributed by atoms with E-state index in [4.69, 9.17) is 58.0 Å². The van der Waals surface area contributed by atoms with Crippen molar-refractivity contribution in [2.75, 3.05) is 30.9 Å². The van der Waals surface area contributed by atoms with Crippen molar-refractivity contribution in [3.63, 3.8) is 0 Å². The number of benzene rings is 2. The SMILES string of the molecule is CSCCN(C)C(=O)c1cc(NC(=O)[C@@H]2[C@@H](c3cc(Cl)cc(Cl)c3)C2(Cl)Cl)ccc1Cl. The molecule has 4 nitrogen and oxygen atoms in total. The number of rotatable bonds is 7. The third-order valence-corrected chi connectivity index (χ3v) is 7.32. The Kier molecular flexibility index (Phi) is 7.99. The predicted molar refractivity (Wildman–Crippen MR) is 133 cm³/mol. The lowest BCUT2D eigenvalue weighted by Crippen LogP contribution is -2.29. The number of nitrogens with one attached hydrogen (secondary N) is 1. The average molecular weight is 541 g/mol. The van der Waals surface area contributed by atoms with E-state index < -0.39 is 16.2 Å². The van der Waals surface area contributed by atoms with Crippen LogP contribution in [0.15, 0.2) is 36.4 Å². The monoisotopic (exact) mass is 538 g/mol. The molecule has 0 radical (unpaired) electrons. The van der Waals surface area contributed by atoms with Crippen molar-refractivity contribution in [1.82, 2.24) is 4.90 Å². The van der Waals surface area contributed by atoms with E-state index in [1.807, 2.05) is 6.26 Å². The van der Waals surface area contributed by atoms with E-state index in [9.17, 15) is 9.59 Å². The normalized spacial score (nSPS) is 19.1. The van der Waals surface area contributed by atoms with Gasteiger partial charge < -0.3 is 10.2 Å². The predicted octanol–water partition coefficient (Wildman–Crippen LogP) is 6.61. The van der Waals surface area contributed by atoms with E-state index in [-0.39, 0.29) is 11.8 Å². The van der Waals surface area contributed by atoms with Gasteiger partial charge in [-0.15, -0.1) is 23.2 Å². The summed E-state index contributed by atoms with van der Waals surface area (Å²) < 4.78 is -1.29. The van der Waals surface area contributed by atoms with Crippen LogP contribution in [0, 0.1) is 5.92 Å². The van der Waals surface area contributed by atoms with Crippen LogP contribution in [0.4, 0.5) is 5.69 Å². The molecule has 2 amide bonds. The molecule has 2 aromatic carbocycles. The van der Waals surface area contributed by atoms with Gasteiger partial charge in [-0.2, -0.15) is 11.8 Å². The molecule has 10 heteroatoms. The lowest BCUT2D eigenvalue weighted by Gasteiger charge is -2.18. The second-order valence-electron chi connectivity index (χ2n) is 7.24. The molecule has 2 atom stereocenters. The van der Waals surface area contributed by atoms with Crippen molar-refractivity contribution in [1.29, 1.82) is 0 Å². The van der Waals surface area contributed by atoms with E-state index in [0.717, 1.165) is 5.75 Å². The summed E-state index contributed by atoms with van der Waals surface area (Å²) in [6.07, 6.45) is 1.97. The van der Waals surface area contributed by atoms with E-state index in [2.05, 4.69) is 5.32 Å². The van der Waals surface area contributed by atoms with Crippen molar-refractivity contribution < 1.29 is 9.59 Å². The molecule has 1 fully saturated rings. The largest absolute Gasteiger partial charge is 0.341 e. The van der Waals surface area contributed by atoms with Gasteiger partial charge in [0.05, 0.1) is 16.5 Å². The van der Waals surface area contributed by atoms with Crippen molar-refractivity contribution >= 4 is 87.3 Å². The number of nitrogens with zero attached hydrogens (tertiary/aromatic N) is 1. The molecule has 1 saturated carbocycles. The van der Waals surface area contributed by atoms with E-state index in [0.29, 0.717) is 38.4 Å². The molecule has 1 N–H and O–H groups in total. The zero-order valence-electron chi connectivity index (χ0n) is 16.6. The van der Waals surface area contributed by atoms with Crippen LogP contribution in [-0.4, -0.2) is 46.6 Å². The Morgan fingerprint density at radius 2 is 1.74 bits per heavy atom. The molecule has 3 rings (SSSR count). The lowest BCUT2D eigenvalue weighted by molar-refractivity contribution is -0.117. The third-order valence-electron chi connectivity index (χ3n) is 5.02. The van der Waals surface area contributed by atoms with Crippen molar-refractivity contribution in [3.05, 3.63) is 62.6 Å². The second kappa shape index (κ2) is 9.98. The summed E-state index contributed by atoms with van der Waals surface area (Å²) in [4.78, 5) is 27.2. The lowest BCUT2D eigenvalue weighted by atomic mass is 10.1. The molecule has 0 heterocycles. The fraction of sp³-hybridized carbons (Fsp3) is 0.333. The second-order valence-corrected chi connectivity index (χ2v) is 10.9. The number of hydrogen-bond donors (Lipinski definition) is 1. The van der Waals surface area contributed by atoms with Crippen molar-refractivity contribution in [3.8, 4) is 0 Å². The van der Waals surface area contributed by atoms with Gasteiger partial charge in [0.25, 0.3) is 5.91 Å². The number of halogens is 5. The molecule has 2 aromatic rings. The van der Waals surface area contributed by atoms with Gasteiger partial charge in [0.15, 0.2) is 0 Å². The van der Waals surface area contributed by atoms with Crippen molar-refractivity contribution in [2.24, 2.45) is 5.92 Å². The quantitative estimate of drug-likeness (QED) is 0.402. The van der Waals surface area contributed by atoms with Gasteiger partial charge in [0.2, 0.25) is 5.91 Å². The maximum atomic E-state index is 12.9. The minimum Gasteiger partial charge on any atom is -0.341 e. The number of anilines is 1. The Bertz CT molecular complexity index is 997. The maximum absolute atomic E-state index is 12.9. The standard InChI is InChI=1S/C21H19Cl5N2O2S/c1-28(5-6-31-2)20(30)15-10-14(3-4-16(15)24)27-19(29)18-17(21(18,25)26)11-7-12(22)9-13(23)8-11/h3-4,7-10,17-18H,5-6H2,1-2H3,(H,27,29)/t17-,18+/m1/s1. The highest BCUT2D eigenvalue weighted by Gasteiger charge is 2.67. The summed E-state index contributed by atoms with van der Waals surface area (Å²) in [5.41, 5.74) is 1.42. The highest BCUT2D eigenvalue weighted by molar-refractivity contribution is 7.98. The van der Waals surface area contributed by atoms with Gasteiger partial charge >= 0.3 is 0 Å². The van der Waals surface area contributed by atoms with Gasteiger partial charge in [-0.1, -0.05) is 34.8 Å². The molecule has 0 unspecified atom stereocenters. The number of carbonyl (C=O) groups excluding carboxylic acids is 2. The summed E-state index contributed by atoms with van der Waals surface area (Å²) >= 11 is 32.8. The first kappa shape index (κ1) is 24.8. The number of carbonyl (C=O) groups is 2. The van der Waals surface area contributed by atoms with Crippen LogP contribution in [0.2, 0.25) is 15.1 Å². The Morgan fingerprint density at radius 1 is 1.10 bits per heavy atom. The summed E-state index contributed by atoms with van der Waals surface area (Å²) in [6.45, 7) is 0.583. The molecule has 0 bridgehead atoms. The smallest absolute Gasteiger partial charge is 0.255 e. The first-order valence-electron chi connectivity index (χ1n) is 9.25. The molecule has 0 aliphatic heterocycles. The molecule has 0 aromatic heterocycles. The summed E-state index contributed by atoms with van der Waals surface area (Å²) in [5, 5.41) is 3.96. The molecular formula is C21H19Cl5N2O2S. The average Bonchev–Trinajstić information content (AvgIpc) is 3.28. The number of thioether (sulfide) groups is 1. The molecule has 166 valence electrons. The van der Waals surface area contributed by atoms with Crippen LogP contribution in [0.1, 0.15) is 21.8 Å². The Balaban J connectivity index is 1.77. The Morgan fingerprint density at radius 3 is 2.35 bits per heavy atom. The van der Waals surface area contributed by atoms with Gasteiger partial charge in [0.1, 0.15) is 4.33 Å². The first-order chi connectivity index (χ1) is 14.6. The Hall–Kier alpha value is -0.820. The first-order valence-corrected chi connectivity index (χ1v) is 12.5. The summed E-state index contributed by atoms with van der Waals surface area (Å²) in [6, 6.07) is 9.72. The minimum absolute atomic E-state index is 0.225. The van der Waals surface area contributed by atoms with Crippen LogP contribution < -0.4 is 5.32 Å². The topological polar surface area (TPSA) is 49.4 Å². The number of hydrogen-bond acceptors (Lipinski definition) is 3. The fourth-order valence-electron chi connectivity index (χ4n) is 3.34. The number of amides is 2. The highest BCUT2D eigenvalue weighted by atomic mass is 35.5. The van der Waals surface area contributed by atoms with E-state index >= 15 is 0 Å². The third kappa shape index (κ3) is 5.58. The molecule has 1 aliphatic carbocycles.